The average molecular weight is 529 g/mol. The molecule has 0 saturated heterocycles. The molecule has 36 heavy (non-hydrogen) atoms. The summed E-state index contributed by atoms with van der Waals surface area (Å²) in [5.41, 5.74) is 1.99. The van der Waals surface area contributed by atoms with Crippen LogP contribution >= 0.6 is 23.2 Å². The van der Waals surface area contributed by atoms with Crippen molar-refractivity contribution >= 4 is 57.9 Å². The number of pyridine rings is 2. The van der Waals surface area contributed by atoms with Crippen LogP contribution in [0.2, 0.25) is 10.3 Å². The predicted octanol–water partition coefficient (Wildman–Crippen LogP) is 4.41. The van der Waals surface area contributed by atoms with Gasteiger partial charge in [0.25, 0.3) is 0 Å². The van der Waals surface area contributed by atoms with E-state index in [1.165, 1.54) is 37.2 Å². The molecule has 4 heterocycles. The molecule has 184 valence electrons. The largest absolute Gasteiger partial charge is 0.476 e. The van der Waals surface area contributed by atoms with E-state index >= 15 is 0 Å². The molecule has 0 aliphatic carbocycles. The van der Waals surface area contributed by atoms with Crippen molar-refractivity contribution in [3.05, 3.63) is 83.4 Å². The zero-order valence-electron chi connectivity index (χ0n) is 18.6. The van der Waals surface area contributed by atoms with Crippen molar-refractivity contribution < 1.29 is 19.4 Å². The fourth-order valence-corrected chi connectivity index (χ4v) is 2.92. The highest BCUT2D eigenvalue weighted by Gasteiger charge is 2.16. The Labute approximate surface area is 214 Å². The second-order valence-corrected chi connectivity index (χ2v) is 7.36. The lowest BCUT2D eigenvalue weighted by atomic mass is 10.3. The number of esters is 1. The number of aromatic nitrogens is 6. The molecule has 0 saturated carbocycles. The Morgan fingerprint density at radius 2 is 1.25 bits per heavy atom. The van der Waals surface area contributed by atoms with Crippen LogP contribution in [0.25, 0.3) is 0 Å². The van der Waals surface area contributed by atoms with Crippen LogP contribution in [0.15, 0.2) is 61.7 Å². The van der Waals surface area contributed by atoms with E-state index in [1.807, 2.05) is 0 Å². The highest BCUT2D eigenvalue weighted by atomic mass is 35.5. The Bertz CT molecular complexity index is 1330. The minimum atomic E-state index is -1.16. The van der Waals surface area contributed by atoms with Crippen LogP contribution in [0.3, 0.4) is 0 Å². The molecule has 0 aromatic carbocycles. The Balaban J connectivity index is 0.000000202. The number of ether oxygens (including phenoxy) is 1. The first-order valence-corrected chi connectivity index (χ1v) is 10.9. The van der Waals surface area contributed by atoms with Gasteiger partial charge in [-0.05, 0) is 31.2 Å². The third-order valence-corrected chi connectivity index (χ3v) is 4.49. The molecule has 0 radical (unpaired) electrons. The van der Waals surface area contributed by atoms with Gasteiger partial charge < -0.3 is 20.5 Å². The number of carboxylic acids is 1. The van der Waals surface area contributed by atoms with E-state index in [9.17, 15) is 9.59 Å². The van der Waals surface area contributed by atoms with Crippen LogP contribution < -0.4 is 10.6 Å². The summed E-state index contributed by atoms with van der Waals surface area (Å²) in [4.78, 5) is 45.8. The number of anilines is 4. The van der Waals surface area contributed by atoms with Crippen molar-refractivity contribution in [2.45, 2.75) is 6.92 Å². The standard InChI is InChI=1S/C12H11ClN4O2.C10H7ClN4O2/c1-2-19-12(18)11-9(3-4-10(13)17-11)16-8-5-14-7-15-6-8;11-8-2-1-7(9(15-8)10(16)17)14-6-3-12-5-13-4-6/h3-7,16H,2H2,1H3;1-5,14H,(H,16,17). The van der Waals surface area contributed by atoms with Gasteiger partial charge in [0, 0.05) is 0 Å². The molecule has 0 spiro atoms. The molecule has 0 bridgehead atoms. The second kappa shape index (κ2) is 12.9. The Kier molecular flexibility index (Phi) is 9.37. The van der Waals surface area contributed by atoms with Gasteiger partial charge in [-0.25, -0.2) is 39.5 Å². The Hall–Kier alpha value is -4.42. The zero-order valence-corrected chi connectivity index (χ0v) is 20.1. The average Bonchev–Trinajstić information content (AvgIpc) is 2.88. The molecule has 0 amide bonds. The van der Waals surface area contributed by atoms with E-state index in [4.69, 9.17) is 33.0 Å². The lowest BCUT2D eigenvalue weighted by Crippen LogP contribution is -2.10. The normalized spacial score (nSPS) is 9.97. The van der Waals surface area contributed by atoms with Crippen LogP contribution in [-0.4, -0.2) is 53.6 Å². The van der Waals surface area contributed by atoms with E-state index in [0.29, 0.717) is 22.7 Å². The Morgan fingerprint density at radius 1 is 0.806 bits per heavy atom. The number of aromatic carboxylic acids is 1. The first kappa shape index (κ1) is 26.2. The summed E-state index contributed by atoms with van der Waals surface area (Å²) < 4.78 is 4.93. The van der Waals surface area contributed by atoms with Gasteiger partial charge in [-0.2, -0.15) is 0 Å². The summed E-state index contributed by atoms with van der Waals surface area (Å²) in [7, 11) is 0. The third kappa shape index (κ3) is 7.55. The van der Waals surface area contributed by atoms with Crippen LogP contribution in [0.1, 0.15) is 27.9 Å². The van der Waals surface area contributed by atoms with Crippen LogP contribution in [0.5, 0.6) is 0 Å². The van der Waals surface area contributed by atoms with Gasteiger partial charge in [0.15, 0.2) is 11.4 Å². The minimum absolute atomic E-state index is 0.122. The van der Waals surface area contributed by atoms with Crippen molar-refractivity contribution in [2.75, 3.05) is 17.2 Å². The van der Waals surface area contributed by atoms with E-state index in [2.05, 4.69) is 40.5 Å². The molecule has 4 aromatic heterocycles. The quantitative estimate of drug-likeness (QED) is 0.228. The van der Waals surface area contributed by atoms with Gasteiger partial charge in [-0.3, -0.25) is 0 Å². The van der Waals surface area contributed by atoms with E-state index in [0.717, 1.165) is 0 Å². The lowest BCUT2D eigenvalue weighted by molar-refractivity contribution is 0.0520. The van der Waals surface area contributed by atoms with Gasteiger partial charge in [-0.1, -0.05) is 23.2 Å². The molecular formula is C22H18Cl2N8O4. The summed E-state index contributed by atoms with van der Waals surface area (Å²) in [6.45, 7) is 1.99. The van der Waals surface area contributed by atoms with E-state index in [-0.39, 0.29) is 28.3 Å². The number of carbonyl (C=O) groups is 2. The number of rotatable bonds is 7. The van der Waals surface area contributed by atoms with Crippen molar-refractivity contribution in [1.82, 2.24) is 29.9 Å². The molecule has 0 aliphatic rings. The SMILES string of the molecule is CCOC(=O)c1nc(Cl)ccc1Nc1cncnc1.O=C(O)c1nc(Cl)ccc1Nc1cncnc1. The fourth-order valence-electron chi connectivity index (χ4n) is 2.63. The van der Waals surface area contributed by atoms with Gasteiger partial charge >= 0.3 is 11.9 Å². The predicted molar refractivity (Wildman–Crippen MR) is 132 cm³/mol. The van der Waals surface area contributed by atoms with Crippen LogP contribution in [-0.2, 0) is 4.74 Å². The molecule has 12 nitrogen and oxygen atoms in total. The van der Waals surface area contributed by atoms with Crippen LogP contribution in [0, 0.1) is 0 Å². The monoisotopic (exact) mass is 528 g/mol. The maximum Gasteiger partial charge on any atom is 0.359 e. The molecular weight excluding hydrogens is 511 g/mol. The second-order valence-electron chi connectivity index (χ2n) is 6.59. The van der Waals surface area contributed by atoms with Crippen molar-refractivity contribution in [2.24, 2.45) is 0 Å². The number of carboxylic acid groups (broad SMARTS) is 1. The highest BCUT2D eigenvalue weighted by molar-refractivity contribution is 6.30. The summed E-state index contributed by atoms with van der Waals surface area (Å²) in [6.07, 6.45) is 8.99. The number of carbonyl (C=O) groups excluding carboxylic acids is 1. The number of halogens is 2. The van der Waals surface area contributed by atoms with E-state index < -0.39 is 11.9 Å². The summed E-state index contributed by atoms with van der Waals surface area (Å²) in [5.74, 6) is -1.70. The van der Waals surface area contributed by atoms with E-state index in [1.54, 1.807) is 31.5 Å². The smallest absolute Gasteiger partial charge is 0.359 e. The maximum absolute atomic E-state index is 11.8. The van der Waals surface area contributed by atoms with Gasteiger partial charge in [0.05, 0.1) is 54.1 Å². The molecule has 3 N–H and O–H groups in total. The molecule has 0 atom stereocenters. The van der Waals surface area contributed by atoms with Crippen LogP contribution in [0.4, 0.5) is 22.7 Å². The minimum Gasteiger partial charge on any atom is -0.476 e. The zero-order chi connectivity index (χ0) is 25.9. The molecule has 4 rings (SSSR count). The van der Waals surface area contributed by atoms with Gasteiger partial charge in [0.2, 0.25) is 0 Å². The Morgan fingerprint density at radius 3 is 1.69 bits per heavy atom. The van der Waals surface area contributed by atoms with Crippen molar-refractivity contribution in [1.29, 1.82) is 0 Å². The summed E-state index contributed by atoms with van der Waals surface area (Å²) >= 11 is 11.4. The molecule has 0 aliphatic heterocycles. The number of nitrogens with zero attached hydrogens (tertiary/aromatic N) is 6. The summed E-state index contributed by atoms with van der Waals surface area (Å²) in [5, 5.41) is 15.2. The number of nitrogens with one attached hydrogen (secondary N) is 2. The summed E-state index contributed by atoms with van der Waals surface area (Å²) in [6, 6.07) is 6.26. The first-order valence-electron chi connectivity index (χ1n) is 10.1. The van der Waals surface area contributed by atoms with Crippen molar-refractivity contribution in [3.63, 3.8) is 0 Å². The molecule has 0 fully saturated rings. The maximum atomic E-state index is 11.8. The lowest BCUT2D eigenvalue weighted by Gasteiger charge is -2.10. The van der Waals surface area contributed by atoms with Gasteiger partial charge in [0.1, 0.15) is 23.0 Å². The highest BCUT2D eigenvalue weighted by Crippen LogP contribution is 2.22. The first-order chi connectivity index (χ1) is 17.4. The fraction of sp³-hybridized carbons (Fsp3) is 0.0909. The molecule has 4 aromatic rings. The third-order valence-electron chi connectivity index (χ3n) is 4.07. The number of hydrogen-bond acceptors (Lipinski definition) is 11. The van der Waals surface area contributed by atoms with Gasteiger partial charge in [-0.15, -0.1) is 0 Å². The topological polar surface area (TPSA) is 165 Å². The van der Waals surface area contributed by atoms with Crippen molar-refractivity contribution in [3.8, 4) is 0 Å². The number of hydrogen-bond donors (Lipinski definition) is 3. The molecule has 0 unspecified atom stereocenters. The molecule has 14 heteroatoms.